The van der Waals surface area contributed by atoms with E-state index in [9.17, 15) is 8.42 Å². The molecule has 94 valence electrons. The van der Waals surface area contributed by atoms with Gasteiger partial charge in [0, 0.05) is 26.2 Å². The molecule has 0 radical (unpaired) electrons. The van der Waals surface area contributed by atoms with E-state index in [-0.39, 0.29) is 5.75 Å². The molecular weight excluding hydrogens is 238 g/mol. The Balaban J connectivity index is 1.94. The zero-order chi connectivity index (χ0) is 12.1. The average Bonchev–Trinajstić information content (AvgIpc) is 2.30. The van der Waals surface area contributed by atoms with Crippen LogP contribution in [0.4, 0.5) is 0 Å². The van der Waals surface area contributed by atoms with Gasteiger partial charge in [-0.3, -0.25) is 0 Å². The second-order valence-electron chi connectivity index (χ2n) is 4.07. The highest BCUT2D eigenvalue weighted by Crippen LogP contribution is 2.04. The number of nitrogens with zero attached hydrogens (tertiary/aromatic N) is 1. The number of rotatable bonds is 4. The van der Waals surface area contributed by atoms with Crippen LogP contribution >= 0.6 is 0 Å². The quantitative estimate of drug-likeness (QED) is 0.790. The lowest BCUT2D eigenvalue weighted by Gasteiger charge is -2.27. The third-order valence-corrected chi connectivity index (χ3v) is 3.83. The van der Waals surface area contributed by atoms with Crippen LogP contribution in [0, 0.1) is 0 Å². The minimum absolute atomic E-state index is 0.0256. The highest BCUT2D eigenvalue weighted by Gasteiger charge is 2.17. The lowest BCUT2D eigenvalue weighted by atomic mass is 10.2. The minimum atomic E-state index is -3.29. The van der Waals surface area contributed by atoms with Gasteiger partial charge in [-0.05, 0) is 5.56 Å². The number of hydrogen-bond donors (Lipinski definition) is 2. The van der Waals surface area contributed by atoms with Crippen LogP contribution in [-0.4, -0.2) is 39.6 Å². The van der Waals surface area contributed by atoms with Crippen LogP contribution in [0.25, 0.3) is 0 Å². The lowest BCUT2D eigenvalue weighted by Crippen LogP contribution is -2.52. The van der Waals surface area contributed by atoms with E-state index >= 15 is 0 Å². The fourth-order valence-electron chi connectivity index (χ4n) is 1.78. The zero-order valence-corrected chi connectivity index (χ0v) is 10.4. The first-order valence-electron chi connectivity index (χ1n) is 5.65. The smallest absolute Gasteiger partial charge is 0.228 e. The van der Waals surface area contributed by atoms with Crippen LogP contribution < -0.4 is 10.1 Å². The molecule has 6 heteroatoms. The number of nitrogens with one attached hydrogen (secondary N) is 2. The maximum atomic E-state index is 11.9. The molecule has 1 aromatic rings. The van der Waals surface area contributed by atoms with Gasteiger partial charge in [0.1, 0.15) is 0 Å². The summed E-state index contributed by atoms with van der Waals surface area (Å²) in [5, 5.41) is 4.92. The van der Waals surface area contributed by atoms with Crippen molar-refractivity contribution < 1.29 is 8.42 Å². The summed E-state index contributed by atoms with van der Waals surface area (Å²) < 4.78 is 23.8. The van der Waals surface area contributed by atoms with Crippen LogP contribution in [0.3, 0.4) is 0 Å². The first-order valence-corrected chi connectivity index (χ1v) is 7.31. The van der Waals surface area contributed by atoms with Crippen molar-refractivity contribution in [2.75, 3.05) is 26.2 Å². The maximum Gasteiger partial charge on any atom is 0.228 e. The van der Waals surface area contributed by atoms with Crippen molar-refractivity contribution in [3.63, 3.8) is 0 Å². The summed E-state index contributed by atoms with van der Waals surface area (Å²) in [6.07, 6.45) is 0. The van der Waals surface area contributed by atoms with Crippen molar-refractivity contribution in [2.24, 2.45) is 0 Å². The number of benzene rings is 1. The van der Waals surface area contributed by atoms with Crippen molar-refractivity contribution in [3.8, 4) is 0 Å². The molecule has 0 spiro atoms. The van der Waals surface area contributed by atoms with Gasteiger partial charge in [0.25, 0.3) is 0 Å². The molecule has 1 saturated heterocycles. The molecule has 1 aromatic carbocycles. The average molecular weight is 255 g/mol. The molecule has 0 amide bonds. The van der Waals surface area contributed by atoms with Crippen molar-refractivity contribution >= 4 is 10.0 Å². The van der Waals surface area contributed by atoms with Crippen LogP contribution in [0.15, 0.2) is 30.3 Å². The molecular formula is C11H17N3O2S. The molecule has 0 saturated carbocycles. The first-order chi connectivity index (χ1) is 8.16. The Hall–Kier alpha value is -0.950. The van der Waals surface area contributed by atoms with Crippen LogP contribution in [0.2, 0.25) is 0 Å². The fraction of sp³-hybridized carbons (Fsp3) is 0.455. The summed E-state index contributed by atoms with van der Waals surface area (Å²) in [4.78, 5) is 2.61. The standard InChI is InChI=1S/C11H17N3O2S/c15-17(16,10-11-4-2-1-3-5-11)13-14-8-6-12-7-9-14/h1-5,12-13H,6-10H2. The second-order valence-corrected chi connectivity index (χ2v) is 5.77. The number of sulfonamides is 1. The SMILES string of the molecule is O=S(=O)(Cc1ccccc1)NN1CCNCC1. The topological polar surface area (TPSA) is 61.4 Å². The first kappa shape index (κ1) is 12.5. The number of hydrazine groups is 1. The van der Waals surface area contributed by atoms with E-state index in [1.807, 2.05) is 30.3 Å². The number of hydrogen-bond acceptors (Lipinski definition) is 4. The van der Waals surface area contributed by atoms with E-state index < -0.39 is 10.0 Å². The zero-order valence-electron chi connectivity index (χ0n) is 9.59. The normalized spacial score (nSPS) is 18.1. The lowest BCUT2D eigenvalue weighted by molar-refractivity contribution is 0.211. The summed E-state index contributed by atoms with van der Waals surface area (Å²) in [7, 11) is -3.29. The molecule has 2 rings (SSSR count). The maximum absolute atomic E-state index is 11.9. The van der Waals surface area contributed by atoms with Crippen LogP contribution in [0.5, 0.6) is 0 Å². The van der Waals surface area contributed by atoms with E-state index in [0.29, 0.717) is 13.1 Å². The number of piperazine rings is 1. The fourth-order valence-corrected chi connectivity index (χ4v) is 3.05. The molecule has 0 atom stereocenters. The Morgan fingerprint density at radius 3 is 2.47 bits per heavy atom. The van der Waals surface area contributed by atoms with Crippen molar-refractivity contribution in [3.05, 3.63) is 35.9 Å². The highest BCUT2D eigenvalue weighted by molar-refractivity contribution is 7.88. The predicted octanol–water partition coefficient (Wildman–Crippen LogP) is -0.0738. The summed E-state index contributed by atoms with van der Waals surface area (Å²) in [5.74, 6) is 0.0256. The van der Waals surface area contributed by atoms with Gasteiger partial charge in [0.05, 0.1) is 5.75 Å². The highest BCUT2D eigenvalue weighted by atomic mass is 32.2. The van der Waals surface area contributed by atoms with Gasteiger partial charge in [-0.15, -0.1) is 4.83 Å². The summed E-state index contributed by atoms with van der Waals surface area (Å²) in [6, 6.07) is 9.19. The van der Waals surface area contributed by atoms with Crippen molar-refractivity contribution in [1.29, 1.82) is 0 Å². The summed E-state index contributed by atoms with van der Waals surface area (Å²) in [6.45, 7) is 3.03. The molecule has 17 heavy (non-hydrogen) atoms. The summed E-state index contributed by atoms with van der Waals surface area (Å²) in [5.41, 5.74) is 0.801. The van der Waals surface area contributed by atoms with E-state index in [2.05, 4.69) is 10.1 Å². The molecule has 0 unspecified atom stereocenters. The Kier molecular flexibility index (Phi) is 4.11. The third-order valence-electron chi connectivity index (χ3n) is 2.58. The Morgan fingerprint density at radius 2 is 1.82 bits per heavy atom. The van der Waals surface area contributed by atoms with E-state index in [1.54, 1.807) is 5.01 Å². The van der Waals surface area contributed by atoms with Gasteiger partial charge in [0.2, 0.25) is 10.0 Å². The molecule has 0 aromatic heterocycles. The molecule has 1 heterocycles. The molecule has 2 N–H and O–H groups in total. The van der Waals surface area contributed by atoms with E-state index in [0.717, 1.165) is 18.7 Å². The van der Waals surface area contributed by atoms with Gasteiger partial charge in [-0.1, -0.05) is 30.3 Å². The predicted molar refractivity (Wildman–Crippen MR) is 66.6 cm³/mol. The molecule has 1 fully saturated rings. The molecule has 0 bridgehead atoms. The van der Waals surface area contributed by atoms with Crippen LogP contribution in [0.1, 0.15) is 5.56 Å². The van der Waals surface area contributed by atoms with Gasteiger partial charge in [-0.2, -0.15) is 0 Å². The Labute approximate surface area is 102 Å². The van der Waals surface area contributed by atoms with Gasteiger partial charge in [0.15, 0.2) is 0 Å². The van der Waals surface area contributed by atoms with Crippen LogP contribution in [-0.2, 0) is 15.8 Å². The van der Waals surface area contributed by atoms with Gasteiger partial charge >= 0.3 is 0 Å². The Morgan fingerprint density at radius 1 is 1.18 bits per heavy atom. The largest absolute Gasteiger partial charge is 0.314 e. The van der Waals surface area contributed by atoms with E-state index in [4.69, 9.17) is 0 Å². The second kappa shape index (κ2) is 5.59. The van der Waals surface area contributed by atoms with Crippen molar-refractivity contribution in [1.82, 2.24) is 15.2 Å². The third kappa shape index (κ3) is 4.08. The van der Waals surface area contributed by atoms with Gasteiger partial charge < -0.3 is 5.32 Å². The molecule has 1 aliphatic rings. The molecule has 1 aliphatic heterocycles. The monoisotopic (exact) mass is 255 g/mol. The molecule has 0 aliphatic carbocycles. The van der Waals surface area contributed by atoms with Gasteiger partial charge in [-0.25, -0.2) is 13.4 Å². The van der Waals surface area contributed by atoms with Crippen molar-refractivity contribution in [2.45, 2.75) is 5.75 Å². The Bertz CT molecular complexity index is 441. The minimum Gasteiger partial charge on any atom is -0.314 e. The van der Waals surface area contributed by atoms with E-state index in [1.165, 1.54) is 0 Å². The summed E-state index contributed by atoms with van der Waals surface area (Å²) >= 11 is 0. The molecule has 5 nitrogen and oxygen atoms in total.